The van der Waals surface area contributed by atoms with Crippen molar-refractivity contribution in [3.63, 3.8) is 0 Å². The summed E-state index contributed by atoms with van der Waals surface area (Å²) in [5, 5.41) is 4.37. The zero-order chi connectivity index (χ0) is 18.8. The first kappa shape index (κ1) is 20.4. The second kappa shape index (κ2) is 10.3. The van der Waals surface area contributed by atoms with Gasteiger partial charge >= 0.3 is 126 Å². The Morgan fingerprint density at radius 1 is 0.769 bits per heavy atom. The molecule has 0 fully saturated rings. The number of benzene rings is 3. The van der Waals surface area contributed by atoms with Crippen molar-refractivity contribution < 1.29 is 9.53 Å². The number of carbonyl (C=O) groups excluding carboxylic acids is 1. The molecule has 0 atom stereocenters. The molecule has 0 saturated heterocycles. The second-order valence-electron chi connectivity index (χ2n) is 5.89. The summed E-state index contributed by atoms with van der Waals surface area (Å²) < 4.78 is 4.32. The fraction of sp³-hybridized carbons (Fsp3) is 0.136. The molecule has 4 heteroatoms. The van der Waals surface area contributed by atoms with Crippen LogP contribution in [-0.4, -0.2) is 18.2 Å². The van der Waals surface area contributed by atoms with Crippen molar-refractivity contribution in [2.24, 2.45) is 0 Å². The number of rotatable bonds is 4. The van der Waals surface area contributed by atoms with Crippen molar-refractivity contribution in [2.45, 2.75) is 6.92 Å². The first-order valence-electron chi connectivity index (χ1n) is 8.58. The molecule has 0 radical (unpaired) electrons. The maximum absolute atomic E-state index is 9.74. The second-order valence-corrected chi connectivity index (χ2v) is 10.5. The minimum absolute atomic E-state index is 0.398. The third-order valence-corrected chi connectivity index (χ3v) is 9.00. The Morgan fingerprint density at radius 2 is 1.08 bits per heavy atom. The quantitative estimate of drug-likeness (QED) is 0.435. The molecule has 3 rings (SSSR count). The van der Waals surface area contributed by atoms with Crippen LogP contribution in [0.15, 0.2) is 91.0 Å². The summed E-state index contributed by atoms with van der Waals surface area (Å²) in [5.74, 6) is 0. The molecular formula is C22H24BrO2P. The van der Waals surface area contributed by atoms with Crippen LogP contribution < -0.4 is 15.9 Å². The Hall–Kier alpha value is -1.96. The van der Waals surface area contributed by atoms with Crippen LogP contribution in [0.3, 0.4) is 0 Å². The molecular weight excluding hydrogens is 407 g/mol. The van der Waals surface area contributed by atoms with E-state index in [1.54, 1.807) is 6.92 Å². The third-order valence-electron chi connectivity index (χ3n) is 4.31. The molecule has 0 N–H and O–H groups in total. The summed E-state index contributed by atoms with van der Waals surface area (Å²) in [5.41, 5.74) is 0. The van der Waals surface area contributed by atoms with Gasteiger partial charge in [-0.3, -0.25) is 0 Å². The minimum atomic E-state index is -1.88. The van der Waals surface area contributed by atoms with Gasteiger partial charge in [-0.25, -0.2) is 4.79 Å². The number of hydrogen-bond donors (Lipinski definition) is 0. The molecule has 136 valence electrons. The van der Waals surface area contributed by atoms with E-state index >= 15 is 0 Å². The zero-order valence-corrected chi connectivity index (χ0v) is 17.6. The van der Waals surface area contributed by atoms with Crippen molar-refractivity contribution in [3.05, 3.63) is 91.0 Å². The molecule has 0 spiro atoms. The van der Waals surface area contributed by atoms with Crippen LogP contribution >= 0.6 is 23.2 Å². The predicted molar refractivity (Wildman–Crippen MR) is 118 cm³/mol. The molecule has 0 saturated carbocycles. The number of halogens is 1. The molecule has 0 aromatic heterocycles. The molecule has 0 heterocycles. The normalized spacial score (nSPS) is 11.0. The van der Waals surface area contributed by atoms with E-state index in [1.165, 1.54) is 15.9 Å². The SMILES string of the molecule is CCOC(=O)Br.C[PH](c1ccccc1)(c1ccccc1)c1ccccc1. The third kappa shape index (κ3) is 5.27. The van der Waals surface area contributed by atoms with E-state index < -0.39 is 12.1 Å². The van der Waals surface area contributed by atoms with E-state index in [0.29, 0.717) is 6.61 Å². The molecule has 0 amide bonds. The predicted octanol–water partition coefficient (Wildman–Crippen LogP) is 4.88. The molecule has 0 bridgehead atoms. The van der Waals surface area contributed by atoms with Crippen LogP contribution in [0, 0.1) is 0 Å². The molecule has 0 aliphatic rings. The first-order chi connectivity index (χ1) is 12.6. The van der Waals surface area contributed by atoms with Gasteiger partial charge in [0.15, 0.2) is 0 Å². The van der Waals surface area contributed by atoms with Gasteiger partial charge in [0.25, 0.3) is 0 Å². The topological polar surface area (TPSA) is 26.3 Å². The first-order valence-corrected chi connectivity index (χ1v) is 11.9. The number of ether oxygens (including phenoxy) is 1. The summed E-state index contributed by atoms with van der Waals surface area (Å²) in [6.45, 7) is 4.62. The summed E-state index contributed by atoms with van der Waals surface area (Å²) in [6.07, 6.45) is 0. The van der Waals surface area contributed by atoms with Gasteiger partial charge in [0, 0.05) is 15.9 Å². The monoisotopic (exact) mass is 430 g/mol. The Balaban J connectivity index is 0.000000352. The van der Waals surface area contributed by atoms with Gasteiger partial charge in [-0.15, -0.1) is 0 Å². The van der Waals surface area contributed by atoms with Crippen LogP contribution in [0.2, 0.25) is 0 Å². The van der Waals surface area contributed by atoms with Gasteiger partial charge in [0.1, 0.15) is 0 Å². The van der Waals surface area contributed by atoms with E-state index in [2.05, 4.69) is 118 Å². The van der Waals surface area contributed by atoms with E-state index in [1.807, 2.05) is 0 Å². The van der Waals surface area contributed by atoms with Crippen LogP contribution in [-0.2, 0) is 4.74 Å². The molecule has 0 aliphatic carbocycles. The summed E-state index contributed by atoms with van der Waals surface area (Å²) in [4.78, 5) is 9.34. The van der Waals surface area contributed by atoms with E-state index in [0.717, 1.165) is 0 Å². The van der Waals surface area contributed by atoms with Gasteiger partial charge in [-0.1, -0.05) is 0 Å². The van der Waals surface area contributed by atoms with Crippen LogP contribution in [0.5, 0.6) is 0 Å². The summed E-state index contributed by atoms with van der Waals surface area (Å²) in [6, 6.07) is 32.8. The molecule has 2 nitrogen and oxygen atoms in total. The summed E-state index contributed by atoms with van der Waals surface area (Å²) >= 11 is 2.57. The Kier molecular flexibility index (Phi) is 8.03. The van der Waals surface area contributed by atoms with Gasteiger partial charge < -0.3 is 4.74 Å². The van der Waals surface area contributed by atoms with Gasteiger partial charge in [0.05, 0.1) is 6.61 Å². The van der Waals surface area contributed by atoms with Crippen molar-refractivity contribution in [3.8, 4) is 0 Å². The van der Waals surface area contributed by atoms with Gasteiger partial charge in [0.2, 0.25) is 0 Å². The average Bonchev–Trinajstić information content (AvgIpc) is 2.70. The fourth-order valence-corrected chi connectivity index (χ4v) is 6.73. The van der Waals surface area contributed by atoms with Crippen molar-refractivity contribution in [1.82, 2.24) is 0 Å². The Morgan fingerprint density at radius 3 is 1.27 bits per heavy atom. The van der Waals surface area contributed by atoms with Crippen molar-refractivity contribution in [1.29, 1.82) is 0 Å². The standard InChI is InChI=1S/C19H19P.C3H5BrO2/c1-20(17-11-5-2-6-12-17,18-13-7-3-8-14-18)19-15-9-4-10-16-19;1-2-6-3(4)5/h2-16,20H,1H3;2H2,1H3. The van der Waals surface area contributed by atoms with Crippen LogP contribution in [0.1, 0.15) is 6.92 Å². The molecule has 0 aliphatic heterocycles. The fourth-order valence-electron chi connectivity index (χ4n) is 2.93. The number of hydrogen-bond acceptors (Lipinski definition) is 2. The molecule has 0 unspecified atom stereocenters. The van der Waals surface area contributed by atoms with Gasteiger partial charge in [-0.05, 0) is 6.92 Å². The summed E-state index contributed by atoms with van der Waals surface area (Å²) in [7, 11) is -1.88. The molecule has 26 heavy (non-hydrogen) atoms. The number of carbonyl (C=O) groups is 1. The van der Waals surface area contributed by atoms with E-state index in [-0.39, 0.29) is 0 Å². The Bertz CT molecular complexity index is 695. The zero-order valence-electron chi connectivity index (χ0n) is 15.1. The Labute approximate surface area is 164 Å². The molecule has 3 aromatic carbocycles. The maximum atomic E-state index is 9.74. The van der Waals surface area contributed by atoms with Crippen LogP contribution in [0.4, 0.5) is 4.79 Å². The van der Waals surface area contributed by atoms with Crippen molar-refractivity contribution >= 4 is 44.0 Å². The van der Waals surface area contributed by atoms with E-state index in [4.69, 9.17) is 0 Å². The average molecular weight is 431 g/mol. The molecule has 3 aromatic rings. The van der Waals surface area contributed by atoms with Gasteiger partial charge in [-0.2, -0.15) is 0 Å². The van der Waals surface area contributed by atoms with Crippen LogP contribution in [0.25, 0.3) is 0 Å². The van der Waals surface area contributed by atoms with Crippen molar-refractivity contribution in [2.75, 3.05) is 13.3 Å². The van der Waals surface area contributed by atoms with E-state index in [9.17, 15) is 4.79 Å².